The molecule has 94 valence electrons. The van der Waals surface area contributed by atoms with Gasteiger partial charge in [0.05, 0.1) is 0 Å². The van der Waals surface area contributed by atoms with Crippen molar-refractivity contribution in [2.24, 2.45) is 0 Å². The van der Waals surface area contributed by atoms with Crippen molar-refractivity contribution in [2.45, 2.75) is 6.92 Å². The minimum atomic E-state index is 0.511. The number of hydrogen-bond acceptors (Lipinski definition) is 4. The second kappa shape index (κ2) is 4.57. The van der Waals surface area contributed by atoms with Crippen LogP contribution in [-0.2, 0) is 0 Å². The molecule has 1 aromatic heterocycles. The van der Waals surface area contributed by atoms with E-state index >= 15 is 0 Å². The number of anilines is 1. The fourth-order valence-corrected chi connectivity index (χ4v) is 1.96. The Labute approximate surface area is 110 Å². The number of nitrogens with two attached hydrogens (primary N) is 1. The zero-order valence-corrected chi connectivity index (χ0v) is 10.5. The molecule has 4 nitrogen and oxygen atoms in total. The number of nitrogen functional groups attached to an aromatic ring is 1. The highest BCUT2D eigenvalue weighted by molar-refractivity contribution is 5.72. The zero-order valence-electron chi connectivity index (χ0n) is 10.5. The molecular formula is C15H13N3O. The van der Waals surface area contributed by atoms with Gasteiger partial charge in [-0.2, -0.15) is 4.98 Å². The van der Waals surface area contributed by atoms with Crippen LogP contribution in [0.4, 0.5) is 5.69 Å². The second-order valence-corrected chi connectivity index (χ2v) is 4.33. The van der Waals surface area contributed by atoms with Gasteiger partial charge in [-0.1, -0.05) is 35.5 Å². The van der Waals surface area contributed by atoms with Gasteiger partial charge in [0, 0.05) is 16.8 Å². The van der Waals surface area contributed by atoms with Gasteiger partial charge in [0.25, 0.3) is 5.89 Å². The van der Waals surface area contributed by atoms with Crippen molar-refractivity contribution in [3.8, 4) is 22.8 Å². The van der Waals surface area contributed by atoms with Gasteiger partial charge in [-0.15, -0.1) is 0 Å². The molecule has 2 N–H and O–H groups in total. The van der Waals surface area contributed by atoms with Crippen molar-refractivity contribution in [2.75, 3.05) is 5.73 Å². The van der Waals surface area contributed by atoms with Gasteiger partial charge in [0.1, 0.15) is 0 Å². The number of aromatic nitrogens is 2. The summed E-state index contributed by atoms with van der Waals surface area (Å²) in [5.74, 6) is 1.02. The van der Waals surface area contributed by atoms with E-state index in [2.05, 4.69) is 10.1 Å². The highest BCUT2D eigenvalue weighted by Gasteiger charge is 2.13. The lowest BCUT2D eigenvalue weighted by Gasteiger charge is -1.99. The molecule has 0 radical (unpaired) electrons. The quantitative estimate of drug-likeness (QED) is 0.710. The number of benzene rings is 2. The minimum absolute atomic E-state index is 0.511. The van der Waals surface area contributed by atoms with E-state index in [1.165, 1.54) is 0 Å². The van der Waals surface area contributed by atoms with Crippen LogP contribution in [0.1, 0.15) is 5.56 Å². The molecule has 0 bridgehead atoms. The Hall–Kier alpha value is -2.62. The van der Waals surface area contributed by atoms with Crippen molar-refractivity contribution >= 4 is 5.69 Å². The van der Waals surface area contributed by atoms with Crippen LogP contribution in [0.2, 0.25) is 0 Å². The first kappa shape index (κ1) is 11.5. The van der Waals surface area contributed by atoms with E-state index < -0.39 is 0 Å². The number of rotatable bonds is 2. The summed E-state index contributed by atoms with van der Waals surface area (Å²) in [5.41, 5.74) is 9.37. The molecular weight excluding hydrogens is 238 g/mol. The van der Waals surface area contributed by atoms with Crippen LogP contribution in [0.25, 0.3) is 22.8 Å². The maximum atomic E-state index is 5.91. The fraction of sp³-hybridized carbons (Fsp3) is 0.0667. The van der Waals surface area contributed by atoms with Crippen LogP contribution in [0.5, 0.6) is 0 Å². The van der Waals surface area contributed by atoms with Gasteiger partial charge in [-0.3, -0.25) is 0 Å². The van der Waals surface area contributed by atoms with Crippen LogP contribution < -0.4 is 5.73 Å². The summed E-state index contributed by atoms with van der Waals surface area (Å²) < 4.78 is 5.32. The van der Waals surface area contributed by atoms with Gasteiger partial charge >= 0.3 is 0 Å². The highest BCUT2D eigenvalue weighted by atomic mass is 16.5. The predicted octanol–water partition coefficient (Wildman–Crippen LogP) is 3.29. The van der Waals surface area contributed by atoms with Crippen LogP contribution in [0.15, 0.2) is 53.1 Å². The molecule has 0 saturated carbocycles. The third kappa shape index (κ3) is 2.08. The minimum Gasteiger partial charge on any atom is -0.398 e. The zero-order chi connectivity index (χ0) is 13.2. The van der Waals surface area contributed by atoms with E-state index in [1.54, 1.807) is 0 Å². The molecule has 0 aliphatic rings. The molecule has 0 aliphatic carbocycles. The molecule has 19 heavy (non-hydrogen) atoms. The molecule has 0 unspecified atom stereocenters. The lowest BCUT2D eigenvalue weighted by Crippen LogP contribution is -1.90. The molecule has 2 aromatic carbocycles. The van der Waals surface area contributed by atoms with Crippen molar-refractivity contribution in [3.63, 3.8) is 0 Å². The SMILES string of the molecule is Cc1ccccc1-c1nc(-c2ccccc2N)no1. The maximum absolute atomic E-state index is 5.91. The van der Waals surface area contributed by atoms with Crippen LogP contribution in [0.3, 0.4) is 0 Å². The van der Waals surface area contributed by atoms with E-state index in [4.69, 9.17) is 10.3 Å². The van der Waals surface area contributed by atoms with E-state index in [0.717, 1.165) is 16.7 Å². The molecule has 0 fully saturated rings. The van der Waals surface area contributed by atoms with Gasteiger partial charge in [0.2, 0.25) is 5.82 Å². The Morgan fingerprint density at radius 2 is 1.63 bits per heavy atom. The topological polar surface area (TPSA) is 64.9 Å². The van der Waals surface area contributed by atoms with Crippen LogP contribution >= 0.6 is 0 Å². The van der Waals surface area contributed by atoms with Gasteiger partial charge in [-0.25, -0.2) is 0 Å². The standard InChI is InChI=1S/C15H13N3O/c1-10-6-2-3-7-11(10)15-17-14(18-19-15)12-8-4-5-9-13(12)16/h2-9H,16H2,1H3. The summed E-state index contributed by atoms with van der Waals surface area (Å²) in [7, 11) is 0. The highest BCUT2D eigenvalue weighted by Crippen LogP contribution is 2.27. The molecule has 3 aromatic rings. The molecule has 0 aliphatic heterocycles. The Morgan fingerprint density at radius 1 is 0.947 bits per heavy atom. The molecule has 1 heterocycles. The monoisotopic (exact) mass is 251 g/mol. The van der Waals surface area contributed by atoms with E-state index in [-0.39, 0.29) is 0 Å². The molecule has 3 rings (SSSR count). The molecule has 0 spiro atoms. The molecule has 0 saturated heterocycles. The molecule has 4 heteroatoms. The smallest absolute Gasteiger partial charge is 0.258 e. The average molecular weight is 251 g/mol. The Balaban J connectivity index is 2.06. The Bertz CT molecular complexity index is 659. The molecule has 0 atom stereocenters. The number of para-hydroxylation sites is 1. The Morgan fingerprint density at radius 3 is 2.37 bits per heavy atom. The van der Waals surface area contributed by atoms with E-state index in [9.17, 15) is 0 Å². The second-order valence-electron chi connectivity index (χ2n) is 4.33. The van der Waals surface area contributed by atoms with Crippen molar-refractivity contribution in [3.05, 3.63) is 54.1 Å². The summed E-state index contributed by atoms with van der Waals surface area (Å²) in [5, 5.41) is 4.00. The van der Waals surface area contributed by atoms with Crippen LogP contribution in [-0.4, -0.2) is 10.1 Å². The fourth-order valence-electron chi connectivity index (χ4n) is 1.96. The number of aryl methyl sites for hydroxylation is 1. The third-order valence-corrected chi connectivity index (χ3v) is 3.00. The Kier molecular flexibility index (Phi) is 2.76. The van der Waals surface area contributed by atoms with Gasteiger partial charge < -0.3 is 10.3 Å². The first-order chi connectivity index (χ1) is 9.25. The first-order valence-electron chi connectivity index (χ1n) is 6.00. The number of nitrogens with zero attached hydrogens (tertiary/aromatic N) is 2. The summed E-state index contributed by atoms with van der Waals surface area (Å²) in [6, 6.07) is 15.4. The van der Waals surface area contributed by atoms with Crippen molar-refractivity contribution in [1.29, 1.82) is 0 Å². The van der Waals surface area contributed by atoms with E-state index in [1.807, 2.05) is 55.5 Å². The van der Waals surface area contributed by atoms with Crippen LogP contribution in [0, 0.1) is 6.92 Å². The summed E-state index contributed by atoms with van der Waals surface area (Å²) in [4.78, 5) is 4.41. The third-order valence-electron chi connectivity index (χ3n) is 3.00. The molecule has 0 amide bonds. The lowest BCUT2D eigenvalue weighted by molar-refractivity contribution is 0.432. The maximum Gasteiger partial charge on any atom is 0.258 e. The predicted molar refractivity (Wildman–Crippen MR) is 74.3 cm³/mol. The van der Waals surface area contributed by atoms with E-state index in [0.29, 0.717) is 17.4 Å². The first-order valence-corrected chi connectivity index (χ1v) is 6.00. The largest absolute Gasteiger partial charge is 0.398 e. The summed E-state index contributed by atoms with van der Waals surface area (Å²) in [6.45, 7) is 2.01. The number of hydrogen-bond donors (Lipinski definition) is 1. The summed E-state index contributed by atoms with van der Waals surface area (Å²) >= 11 is 0. The summed E-state index contributed by atoms with van der Waals surface area (Å²) in [6.07, 6.45) is 0. The van der Waals surface area contributed by atoms with Crippen molar-refractivity contribution < 1.29 is 4.52 Å². The van der Waals surface area contributed by atoms with Gasteiger partial charge in [0.15, 0.2) is 0 Å². The average Bonchev–Trinajstić information content (AvgIpc) is 2.89. The normalized spacial score (nSPS) is 10.6. The van der Waals surface area contributed by atoms with Crippen molar-refractivity contribution in [1.82, 2.24) is 10.1 Å². The van der Waals surface area contributed by atoms with Gasteiger partial charge in [-0.05, 0) is 30.7 Å². The lowest BCUT2D eigenvalue weighted by atomic mass is 10.1.